The first kappa shape index (κ1) is 12.7. The van der Waals surface area contributed by atoms with E-state index in [1.807, 2.05) is 12.1 Å². The highest BCUT2D eigenvalue weighted by molar-refractivity contribution is 6.30. The van der Waals surface area contributed by atoms with Crippen molar-refractivity contribution in [2.45, 2.75) is 32.3 Å². The van der Waals surface area contributed by atoms with Crippen molar-refractivity contribution < 1.29 is 9.84 Å². The highest BCUT2D eigenvalue weighted by Gasteiger charge is 2.30. The van der Waals surface area contributed by atoms with Crippen molar-refractivity contribution in [2.24, 2.45) is 11.8 Å². The van der Waals surface area contributed by atoms with Gasteiger partial charge in [0, 0.05) is 10.6 Å². The summed E-state index contributed by atoms with van der Waals surface area (Å²) in [6, 6.07) is 5.42. The number of hydrogen-bond acceptors (Lipinski definition) is 2. The van der Waals surface area contributed by atoms with Crippen molar-refractivity contribution in [3.63, 3.8) is 0 Å². The van der Waals surface area contributed by atoms with Crippen LogP contribution in [-0.2, 0) is 0 Å². The van der Waals surface area contributed by atoms with Crippen molar-refractivity contribution in [1.29, 1.82) is 0 Å². The van der Waals surface area contributed by atoms with E-state index in [0.717, 1.165) is 24.2 Å². The number of rotatable bonds is 3. The van der Waals surface area contributed by atoms with Crippen molar-refractivity contribution in [2.75, 3.05) is 7.11 Å². The molecule has 2 nitrogen and oxygen atoms in total. The van der Waals surface area contributed by atoms with E-state index in [0.29, 0.717) is 16.9 Å². The Bertz CT molecular complexity index is 392. The average molecular weight is 255 g/mol. The van der Waals surface area contributed by atoms with Gasteiger partial charge in [0.1, 0.15) is 5.75 Å². The molecule has 0 aromatic heterocycles. The second-order valence-electron chi connectivity index (χ2n) is 5.01. The Morgan fingerprint density at radius 1 is 1.41 bits per heavy atom. The Labute approximate surface area is 108 Å². The fourth-order valence-electron chi connectivity index (χ4n) is 2.73. The third-order valence-electron chi connectivity index (χ3n) is 3.69. The molecule has 3 atom stereocenters. The zero-order valence-electron chi connectivity index (χ0n) is 10.3. The summed E-state index contributed by atoms with van der Waals surface area (Å²) in [5, 5.41) is 11.1. The van der Waals surface area contributed by atoms with Crippen LogP contribution in [0.25, 0.3) is 0 Å². The predicted octanol–water partition coefficient (Wildman–Crippen LogP) is 3.82. The summed E-state index contributed by atoms with van der Waals surface area (Å²) in [5.41, 5.74) is 0.819. The summed E-state index contributed by atoms with van der Waals surface area (Å²) < 4.78 is 5.29. The molecule has 1 aliphatic carbocycles. The Morgan fingerprint density at radius 3 is 2.76 bits per heavy atom. The van der Waals surface area contributed by atoms with E-state index >= 15 is 0 Å². The van der Waals surface area contributed by atoms with Crippen molar-refractivity contribution >= 4 is 11.6 Å². The van der Waals surface area contributed by atoms with E-state index in [-0.39, 0.29) is 0 Å². The molecule has 0 aliphatic heterocycles. The minimum Gasteiger partial charge on any atom is -0.496 e. The zero-order chi connectivity index (χ0) is 12.4. The minimum atomic E-state index is -0.464. The maximum Gasteiger partial charge on any atom is 0.124 e. The van der Waals surface area contributed by atoms with Gasteiger partial charge >= 0.3 is 0 Å². The maximum atomic E-state index is 10.4. The van der Waals surface area contributed by atoms with Crippen LogP contribution in [0, 0.1) is 11.8 Å². The normalized spacial score (nSPS) is 25.9. The third kappa shape index (κ3) is 2.75. The summed E-state index contributed by atoms with van der Waals surface area (Å²) in [5.74, 6) is 1.76. The molecule has 0 saturated heterocycles. The summed E-state index contributed by atoms with van der Waals surface area (Å²) >= 11 is 5.99. The SMILES string of the molecule is COc1ccc(Cl)cc1C(O)C1CCC(C)C1. The van der Waals surface area contributed by atoms with Crippen LogP contribution < -0.4 is 4.74 Å². The molecule has 3 unspecified atom stereocenters. The molecule has 0 radical (unpaired) electrons. The third-order valence-corrected chi connectivity index (χ3v) is 3.93. The molecule has 1 aromatic carbocycles. The first-order valence-electron chi connectivity index (χ1n) is 6.13. The molecule has 94 valence electrons. The molecule has 1 fully saturated rings. The number of aliphatic hydroxyl groups is 1. The fraction of sp³-hybridized carbons (Fsp3) is 0.571. The van der Waals surface area contributed by atoms with Gasteiger partial charge in [-0.1, -0.05) is 24.9 Å². The van der Waals surface area contributed by atoms with Gasteiger partial charge in [-0.15, -0.1) is 0 Å². The highest BCUT2D eigenvalue weighted by atomic mass is 35.5. The molecule has 3 heteroatoms. The second kappa shape index (κ2) is 5.28. The van der Waals surface area contributed by atoms with Gasteiger partial charge in [-0.25, -0.2) is 0 Å². The van der Waals surface area contributed by atoms with Crippen LogP contribution in [0.3, 0.4) is 0 Å². The molecule has 17 heavy (non-hydrogen) atoms. The van der Waals surface area contributed by atoms with Crippen LogP contribution in [0.1, 0.15) is 37.9 Å². The lowest BCUT2D eigenvalue weighted by molar-refractivity contribution is 0.107. The molecular weight excluding hydrogens is 236 g/mol. The van der Waals surface area contributed by atoms with Crippen LogP contribution in [0.4, 0.5) is 0 Å². The fourth-order valence-corrected chi connectivity index (χ4v) is 2.91. The number of benzene rings is 1. The smallest absolute Gasteiger partial charge is 0.124 e. The van der Waals surface area contributed by atoms with Crippen molar-refractivity contribution in [3.05, 3.63) is 28.8 Å². The number of hydrogen-bond donors (Lipinski definition) is 1. The van der Waals surface area contributed by atoms with Crippen LogP contribution in [-0.4, -0.2) is 12.2 Å². The quantitative estimate of drug-likeness (QED) is 0.889. The monoisotopic (exact) mass is 254 g/mol. The van der Waals surface area contributed by atoms with Gasteiger partial charge in [-0.2, -0.15) is 0 Å². The second-order valence-corrected chi connectivity index (χ2v) is 5.45. The molecule has 1 N–H and O–H groups in total. The first-order chi connectivity index (χ1) is 8.11. The summed E-state index contributed by atoms with van der Waals surface area (Å²) in [6.07, 6.45) is 2.90. The van der Waals surface area contributed by atoms with Crippen LogP contribution in [0.5, 0.6) is 5.75 Å². The van der Waals surface area contributed by atoms with E-state index < -0.39 is 6.10 Å². The van der Waals surface area contributed by atoms with Crippen molar-refractivity contribution in [1.82, 2.24) is 0 Å². The summed E-state index contributed by atoms with van der Waals surface area (Å²) in [4.78, 5) is 0. The molecule has 0 bridgehead atoms. The number of halogens is 1. The van der Waals surface area contributed by atoms with Crippen LogP contribution in [0.2, 0.25) is 5.02 Å². The number of ether oxygens (including phenoxy) is 1. The number of aliphatic hydroxyl groups excluding tert-OH is 1. The molecule has 1 aromatic rings. The standard InChI is InChI=1S/C14H19ClO2/c1-9-3-4-10(7-9)14(16)12-8-11(15)5-6-13(12)17-2/h5-6,8-10,14,16H,3-4,7H2,1-2H3. The van der Waals surface area contributed by atoms with E-state index in [1.54, 1.807) is 13.2 Å². The molecule has 0 amide bonds. The van der Waals surface area contributed by atoms with Gasteiger partial charge in [-0.3, -0.25) is 0 Å². The molecule has 1 saturated carbocycles. The van der Waals surface area contributed by atoms with Crippen LogP contribution >= 0.6 is 11.6 Å². The lowest BCUT2D eigenvalue weighted by atomic mass is 9.93. The van der Waals surface area contributed by atoms with Gasteiger partial charge in [0.05, 0.1) is 13.2 Å². The Balaban J connectivity index is 2.23. The molecule has 0 heterocycles. The molecular formula is C14H19ClO2. The van der Waals surface area contributed by atoms with Gasteiger partial charge in [0.2, 0.25) is 0 Å². The molecule has 2 rings (SSSR count). The zero-order valence-corrected chi connectivity index (χ0v) is 11.1. The summed E-state index contributed by atoms with van der Waals surface area (Å²) in [7, 11) is 1.62. The minimum absolute atomic E-state index is 0.331. The Hall–Kier alpha value is -0.730. The van der Waals surface area contributed by atoms with E-state index in [9.17, 15) is 5.11 Å². The topological polar surface area (TPSA) is 29.5 Å². The average Bonchev–Trinajstić information content (AvgIpc) is 2.75. The Kier molecular flexibility index (Phi) is 3.95. The van der Waals surface area contributed by atoms with Crippen LogP contribution in [0.15, 0.2) is 18.2 Å². The van der Waals surface area contributed by atoms with Crippen molar-refractivity contribution in [3.8, 4) is 5.75 Å². The Morgan fingerprint density at radius 2 is 2.18 bits per heavy atom. The van der Waals surface area contributed by atoms with Gasteiger partial charge in [0.15, 0.2) is 0 Å². The number of methoxy groups -OCH3 is 1. The van der Waals surface area contributed by atoms with E-state index in [2.05, 4.69) is 6.92 Å². The maximum absolute atomic E-state index is 10.4. The summed E-state index contributed by atoms with van der Waals surface area (Å²) in [6.45, 7) is 2.24. The lowest BCUT2D eigenvalue weighted by Crippen LogP contribution is -2.10. The van der Waals surface area contributed by atoms with Gasteiger partial charge in [0.25, 0.3) is 0 Å². The van der Waals surface area contributed by atoms with Gasteiger partial charge in [-0.05, 0) is 42.9 Å². The molecule has 1 aliphatic rings. The lowest BCUT2D eigenvalue weighted by Gasteiger charge is -2.20. The van der Waals surface area contributed by atoms with E-state index in [4.69, 9.17) is 16.3 Å². The van der Waals surface area contributed by atoms with E-state index in [1.165, 1.54) is 6.42 Å². The predicted molar refractivity (Wildman–Crippen MR) is 69.5 cm³/mol. The largest absolute Gasteiger partial charge is 0.496 e. The highest BCUT2D eigenvalue weighted by Crippen LogP contribution is 2.41. The van der Waals surface area contributed by atoms with Gasteiger partial charge < -0.3 is 9.84 Å². The first-order valence-corrected chi connectivity index (χ1v) is 6.51. The molecule has 0 spiro atoms.